The lowest BCUT2D eigenvalue weighted by Crippen LogP contribution is -2.34. The number of guanidine groups is 1. The second kappa shape index (κ2) is 6.43. The van der Waals surface area contributed by atoms with Crippen molar-refractivity contribution in [3.05, 3.63) is 21.3 Å². The van der Waals surface area contributed by atoms with Gasteiger partial charge in [-0.15, -0.1) is 11.3 Å². The summed E-state index contributed by atoms with van der Waals surface area (Å²) in [7, 11) is 1.98. The summed E-state index contributed by atoms with van der Waals surface area (Å²) in [6.45, 7) is 0.777. The van der Waals surface area contributed by atoms with Gasteiger partial charge in [0.25, 0.3) is 0 Å². The SMILES string of the molecule is CN(Cc1ccc(Cl)s1)C(N)=NC1CCCCC1. The Morgan fingerprint density at radius 1 is 1.44 bits per heavy atom. The molecule has 1 aromatic heterocycles. The van der Waals surface area contributed by atoms with Gasteiger partial charge in [-0.25, -0.2) is 4.99 Å². The number of halogens is 1. The topological polar surface area (TPSA) is 41.6 Å². The minimum atomic E-state index is 0.424. The molecular weight excluding hydrogens is 266 g/mol. The van der Waals surface area contributed by atoms with E-state index in [1.165, 1.54) is 37.0 Å². The Hall–Kier alpha value is -0.740. The molecule has 0 aromatic carbocycles. The van der Waals surface area contributed by atoms with E-state index >= 15 is 0 Å². The third kappa shape index (κ3) is 3.89. The number of nitrogens with zero attached hydrogens (tertiary/aromatic N) is 2. The van der Waals surface area contributed by atoms with Crippen LogP contribution in [0.15, 0.2) is 17.1 Å². The molecule has 0 spiro atoms. The van der Waals surface area contributed by atoms with Crippen LogP contribution in [0.3, 0.4) is 0 Å². The van der Waals surface area contributed by atoms with Gasteiger partial charge >= 0.3 is 0 Å². The summed E-state index contributed by atoms with van der Waals surface area (Å²) in [5, 5.41) is 0. The molecule has 5 heteroatoms. The summed E-state index contributed by atoms with van der Waals surface area (Å²) in [5.74, 6) is 0.645. The summed E-state index contributed by atoms with van der Waals surface area (Å²) in [6.07, 6.45) is 6.27. The molecule has 0 unspecified atom stereocenters. The second-order valence-electron chi connectivity index (χ2n) is 4.84. The minimum Gasteiger partial charge on any atom is -0.370 e. The molecule has 0 aliphatic heterocycles. The molecule has 1 heterocycles. The number of hydrogen-bond acceptors (Lipinski definition) is 2. The zero-order chi connectivity index (χ0) is 13.0. The molecule has 18 heavy (non-hydrogen) atoms. The van der Waals surface area contributed by atoms with Crippen LogP contribution >= 0.6 is 22.9 Å². The molecule has 1 aromatic rings. The first-order valence-corrected chi connectivity index (χ1v) is 7.63. The Morgan fingerprint density at radius 2 is 2.17 bits per heavy atom. The van der Waals surface area contributed by atoms with Crippen LogP contribution < -0.4 is 5.73 Å². The van der Waals surface area contributed by atoms with Crippen LogP contribution in [0.4, 0.5) is 0 Å². The van der Waals surface area contributed by atoms with Gasteiger partial charge in [-0.1, -0.05) is 30.9 Å². The largest absolute Gasteiger partial charge is 0.370 e. The van der Waals surface area contributed by atoms with Gasteiger partial charge in [-0.2, -0.15) is 0 Å². The number of aliphatic imine (C=N–C) groups is 1. The molecule has 0 amide bonds. The van der Waals surface area contributed by atoms with Gasteiger partial charge in [0.2, 0.25) is 0 Å². The van der Waals surface area contributed by atoms with Crippen molar-refractivity contribution in [3.8, 4) is 0 Å². The Kier molecular flexibility index (Phi) is 4.89. The zero-order valence-corrected chi connectivity index (χ0v) is 12.3. The highest BCUT2D eigenvalue weighted by atomic mass is 35.5. The van der Waals surface area contributed by atoms with Crippen molar-refractivity contribution in [1.82, 2.24) is 4.90 Å². The quantitative estimate of drug-likeness (QED) is 0.682. The minimum absolute atomic E-state index is 0.424. The van der Waals surface area contributed by atoms with E-state index in [-0.39, 0.29) is 0 Å². The van der Waals surface area contributed by atoms with Gasteiger partial charge in [0.1, 0.15) is 0 Å². The second-order valence-corrected chi connectivity index (χ2v) is 6.64. The van der Waals surface area contributed by atoms with Crippen LogP contribution in [0.1, 0.15) is 37.0 Å². The van der Waals surface area contributed by atoms with E-state index in [0.29, 0.717) is 12.0 Å². The van der Waals surface area contributed by atoms with Gasteiger partial charge in [0, 0.05) is 11.9 Å². The molecule has 1 aliphatic carbocycles. The van der Waals surface area contributed by atoms with Gasteiger partial charge in [-0.05, 0) is 25.0 Å². The van der Waals surface area contributed by atoms with Crippen molar-refractivity contribution in [2.75, 3.05) is 7.05 Å². The van der Waals surface area contributed by atoms with Crippen molar-refractivity contribution >= 4 is 28.9 Å². The predicted octanol–water partition coefficient (Wildman–Crippen LogP) is 3.48. The molecule has 1 fully saturated rings. The zero-order valence-electron chi connectivity index (χ0n) is 10.7. The molecule has 0 radical (unpaired) electrons. The highest BCUT2D eigenvalue weighted by molar-refractivity contribution is 7.16. The van der Waals surface area contributed by atoms with Crippen LogP contribution in [-0.2, 0) is 6.54 Å². The van der Waals surface area contributed by atoms with Crippen LogP contribution in [0.25, 0.3) is 0 Å². The maximum absolute atomic E-state index is 6.05. The Labute approximate surface area is 118 Å². The van der Waals surface area contributed by atoms with Crippen LogP contribution in [-0.4, -0.2) is 23.9 Å². The Bertz CT molecular complexity index is 410. The first kappa shape index (κ1) is 13.7. The number of hydrogen-bond donors (Lipinski definition) is 1. The number of rotatable bonds is 3. The molecule has 2 N–H and O–H groups in total. The van der Waals surface area contributed by atoms with Gasteiger partial charge in [-0.3, -0.25) is 0 Å². The Morgan fingerprint density at radius 3 is 2.78 bits per heavy atom. The summed E-state index contributed by atoms with van der Waals surface area (Å²) >= 11 is 7.51. The molecular formula is C13H20ClN3S. The fraction of sp³-hybridized carbons (Fsp3) is 0.615. The van der Waals surface area contributed by atoms with Gasteiger partial charge in [0.15, 0.2) is 5.96 Å². The molecule has 0 saturated heterocycles. The highest BCUT2D eigenvalue weighted by Crippen LogP contribution is 2.23. The summed E-state index contributed by atoms with van der Waals surface area (Å²) in [6, 6.07) is 4.38. The predicted molar refractivity (Wildman–Crippen MR) is 79.3 cm³/mol. The molecule has 0 atom stereocenters. The van der Waals surface area contributed by atoms with E-state index in [2.05, 4.69) is 4.99 Å². The average Bonchev–Trinajstić information content (AvgIpc) is 2.76. The van der Waals surface area contributed by atoms with Crippen molar-refractivity contribution in [2.24, 2.45) is 10.7 Å². The van der Waals surface area contributed by atoms with Crippen LogP contribution in [0, 0.1) is 0 Å². The fourth-order valence-corrected chi connectivity index (χ4v) is 3.39. The van der Waals surface area contributed by atoms with Crippen LogP contribution in [0.5, 0.6) is 0 Å². The maximum atomic E-state index is 6.05. The average molecular weight is 286 g/mol. The van der Waals surface area contributed by atoms with E-state index in [4.69, 9.17) is 17.3 Å². The van der Waals surface area contributed by atoms with Gasteiger partial charge < -0.3 is 10.6 Å². The highest BCUT2D eigenvalue weighted by Gasteiger charge is 2.14. The monoisotopic (exact) mass is 285 g/mol. The lowest BCUT2D eigenvalue weighted by Gasteiger charge is -2.22. The lowest BCUT2D eigenvalue weighted by atomic mass is 9.96. The fourth-order valence-electron chi connectivity index (χ4n) is 2.25. The molecule has 0 bridgehead atoms. The smallest absolute Gasteiger partial charge is 0.191 e. The summed E-state index contributed by atoms with van der Waals surface area (Å²) in [5.41, 5.74) is 6.05. The summed E-state index contributed by atoms with van der Waals surface area (Å²) < 4.78 is 0.821. The van der Waals surface area contributed by atoms with E-state index in [1.54, 1.807) is 11.3 Å². The molecule has 1 saturated carbocycles. The maximum Gasteiger partial charge on any atom is 0.191 e. The molecule has 2 rings (SSSR count). The Balaban J connectivity index is 1.90. The van der Waals surface area contributed by atoms with Crippen LogP contribution in [0.2, 0.25) is 4.34 Å². The third-order valence-corrected chi connectivity index (χ3v) is 4.52. The third-order valence-electron chi connectivity index (χ3n) is 3.30. The standard InChI is InChI=1S/C13H20ClN3S/c1-17(9-11-7-8-12(14)18-11)13(15)16-10-5-3-2-4-6-10/h7-8,10H,2-6,9H2,1H3,(H2,15,16). The lowest BCUT2D eigenvalue weighted by molar-refractivity contribution is 0.429. The first-order chi connectivity index (χ1) is 8.65. The molecule has 100 valence electrons. The number of nitrogens with two attached hydrogens (primary N) is 1. The van der Waals surface area contributed by atoms with Crippen molar-refractivity contribution in [1.29, 1.82) is 0 Å². The normalized spacial score (nSPS) is 18.0. The van der Waals surface area contributed by atoms with E-state index < -0.39 is 0 Å². The number of thiophene rings is 1. The van der Waals surface area contributed by atoms with E-state index in [9.17, 15) is 0 Å². The van der Waals surface area contributed by atoms with E-state index in [0.717, 1.165) is 10.9 Å². The van der Waals surface area contributed by atoms with Crippen molar-refractivity contribution in [2.45, 2.75) is 44.7 Å². The van der Waals surface area contributed by atoms with Gasteiger partial charge in [0.05, 0.1) is 16.9 Å². The first-order valence-electron chi connectivity index (χ1n) is 6.44. The molecule has 3 nitrogen and oxygen atoms in total. The van der Waals surface area contributed by atoms with Crippen molar-refractivity contribution < 1.29 is 0 Å². The van der Waals surface area contributed by atoms with Crippen molar-refractivity contribution in [3.63, 3.8) is 0 Å². The van der Waals surface area contributed by atoms with E-state index in [1.807, 2.05) is 24.1 Å². The summed E-state index contributed by atoms with van der Waals surface area (Å²) in [4.78, 5) is 7.84. The molecule has 1 aliphatic rings.